The Labute approximate surface area is 148 Å². The average molecular weight is 366 g/mol. The second-order valence-electron chi connectivity index (χ2n) is 5.20. The van der Waals surface area contributed by atoms with Crippen molar-refractivity contribution in [2.24, 2.45) is 0 Å². The van der Waals surface area contributed by atoms with Crippen LogP contribution in [-0.2, 0) is 9.59 Å². The molecule has 3 rings (SSSR count). The first-order valence-electron chi connectivity index (χ1n) is 7.18. The summed E-state index contributed by atoms with van der Waals surface area (Å²) in [6.45, 7) is 1.40. The number of carbonyl (C=O) groups excluding carboxylic acids is 2. The zero-order chi connectivity index (χ0) is 17.3. The first-order valence-corrected chi connectivity index (χ1v) is 7.94. The van der Waals surface area contributed by atoms with Crippen molar-refractivity contribution in [2.75, 3.05) is 11.4 Å². The number of amides is 1. The molecule has 0 spiro atoms. The fourth-order valence-electron chi connectivity index (χ4n) is 2.36. The Morgan fingerprint density at radius 3 is 2.71 bits per heavy atom. The van der Waals surface area contributed by atoms with Crippen LogP contribution in [0.1, 0.15) is 6.92 Å². The van der Waals surface area contributed by atoms with E-state index in [1.54, 1.807) is 31.2 Å². The molecule has 2 aromatic carbocycles. The quantitative estimate of drug-likeness (QED) is 0.614. The standard InChI is InChI=1S/C17H13Cl2NO4/c1-10-17(22)20(14-4-2-3-5-15(14)23-10)9-16(21)24-11-6-7-12(18)13(19)8-11/h2-8,10H,9H2,1H3. The molecule has 1 atom stereocenters. The van der Waals surface area contributed by atoms with Crippen LogP contribution >= 0.6 is 23.2 Å². The zero-order valence-electron chi connectivity index (χ0n) is 12.7. The Hall–Kier alpha value is -2.24. The number of ether oxygens (including phenoxy) is 2. The Balaban J connectivity index is 1.78. The molecule has 1 aliphatic rings. The zero-order valence-corrected chi connectivity index (χ0v) is 14.2. The minimum Gasteiger partial charge on any atom is -0.479 e. The Kier molecular flexibility index (Phi) is 4.64. The van der Waals surface area contributed by atoms with Crippen LogP contribution in [0.15, 0.2) is 42.5 Å². The first kappa shape index (κ1) is 16.6. The molecule has 1 amide bonds. The number of rotatable bonds is 3. The highest BCUT2D eigenvalue weighted by Crippen LogP contribution is 2.33. The van der Waals surface area contributed by atoms with Crippen molar-refractivity contribution < 1.29 is 19.1 Å². The molecule has 2 aromatic rings. The number of fused-ring (bicyclic) bond motifs is 1. The van der Waals surface area contributed by atoms with Crippen LogP contribution in [0.4, 0.5) is 5.69 Å². The van der Waals surface area contributed by atoms with Gasteiger partial charge in [-0.2, -0.15) is 0 Å². The van der Waals surface area contributed by atoms with Gasteiger partial charge in [-0.3, -0.25) is 9.69 Å². The third-order valence-corrected chi connectivity index (χ3v) is 4.22. The van der Waals surface area contributed by atoms with Gasteiger partial charge in [0, 0.05) is 6.07 Å². The van der Waals surface area contributed by atoms with E-state index >= 15 is 0 Å². The molecule has 124 valence electrons. The number of hydrogen-bond acceptors (Lipinski definition) is 4. The summed E-state index contributed by atoms with van der Waals surface area (Å²) in [4.78, 5) is 25.9. The van der Waals surface area contributed by atoms with Gasteiger partial charge < -0.3 is 9.47 Å². The third kappa shape index (κ3) is 3.32. The number of anilines is 1. The maximum absolute atomic E-state index is 12.3. The van der Waals surface area contributed by atoms with Crippen LogP contribution in [0.2, 0.25) is 10.0 Å². The SMILES string of the molecule is CC1Oc2ccccc2N(CC(=O)Oc2ccc(Cl)c(Cl)c2)C1=O. The molecule has 0 saturated carbocycles. The highest BCUT2D eigenvalue weighted by Gasteiger charge is 2.32. The first-order chi connectivity index (χ1) is 11.5. The lowest BCUT2D eigenvalue weighted by Crippen LogP contribution is -2.47. The van der Waals surface area contributed by atoms with Crippen LogP contribution < -0.4 is 14.4 Å². The van der Waals surface area contributed by atoms with Gasteiger partial charge in [0.25, 0.3) is 5.91 Å². The Morgan fingerprint density at radius 2 is 1.96 bits per heavy atom. The van der Waals surface area contributed by atoms with Gasteiger partial charge in [0.1, 0.15) is 18.0 Å². The molecule has 0 radical (unpaired) electrons. The lowest BCUT2D eigenvalue weighted by molar-refractivity contribution is -0.135. The molecule has 1 heterocycles. The van der Waals surface area contributed by atoms with E-state index in [1.165, 1.54) is 23.1 Å². The molecular weight excluding hydrogens is 353 g/mol. The molecular formula is C17H13Cl2NO4. The minimum absolute atomic E-state index is 0.232. The van der Waals surface area contributed by atoms with E-state index in [-0.39, 0.29) is 23.2 Å². The van der Waals surface area contributed by atoms with Crippen LogP contribution in [-0.4, -0.2) is 24.5 Å². The smallest absolute Gasteiger partial charge is 0.331 e. The summed E-state index contributed by atoms with van der Waals surface area (Å²) in [7, 11) is 0. The monoisotopic (exact) mass is 365 g/mol. The van der Waals surface area contributed by atoms with Crippen molar-refractivity contribution in [3.63, 3.8) is 0 Å². The lowest BCUT2D eigenvalue weighted by Gasteiger charge is -2.32. The van der Waals surface area contributed by atoms with Gasteiger partial charge in [0.15, 0.2) is 6.10 Å². The summed E-state index contributed by atoms with van der Waals surface area (Å²) in [5.41, 5.74) is 0.534. The number of para-hydroxylation sites is 2. The van der Waals surface area contributed by atoms with Crippen molar-refractivity contribution in [1.82, 2.24) is 0 Å². The van der Waals surface area contributed by atoms with Gasteiger partial charge in [0.05, 0.1) is 15.7 Å². The largest absolute Gasteiger partial charge is 0.479 e. The number of benzene rings is 2. The number of carbonyl (C=O) groups is 2. The van der Waals surface area contributed by atoms with Gasteiger partial charge in [-0.1, -0.05) is 35.3 Å². The Bertz CT molecular complexity index is 809. The van der Waals surface area contributed by atoms with E-state index in [0.717, 1.165) is 0 Å². The summed E-state index contributed by atoms with van der Waals surface area (Å²) in [5, 5.41) is 0.644. The second-order valence-corrected chi connectivity index (χ2v) is 6.02. The van der Waals surface area contributed by atoms with Crippen molar-refractivity contribution in [3.8, 4) is 11.5 Å². The predicted molar refractivity (Wildman–Crippen MR) is 91.0 cm³/mol. The van der Waals surface area contributed by atoms with E-state index in [0.29, 0.717) is 16.5 Å². The molecule has 0 bridgehead atoms. The molecule has 7 heteroatoms. The van der Waals surface area contributed by atoms with Crippen LogP contribution in [0.3, 0.4) is 0 Å². The van der Waals surface area contributed by atoms with Gasteiger partial charge in [-0.25, -0.2) is 4.79 Å². The van der Waals surface area contributed by atoms with Crippen LogP contribution in [0, 0.1) is 0 Å². The molecule has 0 fully saturated rings. The highest BCUT2D eigenvalue weighted by atomic mass is 35.5. The molecule has 0 N–H and O–H groups in total. The van der Waals surface area contributed by atoms with Crippen LogP contribution in [0.25, 0.3) is 0 Å². The summed E-state index contributed by atoms with van der Waals surface area (Å²) in [5.74, 6) is -0.0891. The van der Waals surface area contributed by atoms with Gasteiger partial charge in [-0.05, 0) is 31.2 Å². The van der Waals surface area contributed by atoms with E-state index in [9.17, 15) is 9.59 Å². The summed E-state index contributed by atoms with van der Waals surface area (Å²) < 4.78 is 10.8. The summed E-state index contributed by atoms with van der Waals surface area (Å²) >= 11 is 11.7. The van der Waals surface area contributed by atoms with Crippen molar-refractivity contribution in [1.29, 1.82) is 0 Å². The summed E-state index contributed by atoms with van der Waals surface area (Å²) in [6, 6.07) is 11.5. The molecule has 0 saturated heterocycles. The molecule has 1 aliphatic heterocycles. The van der Waals surface area contributed by atoms with Crippen LogP contribution in [0.5, 0.6) is 11.5 Å². The normalized spacial score (nSPS) is 16.4. The molecule has 5 nitrogen and oxygen atoms in total. The van der Waals surface area contributed by atoms with E-state index < -0.39 is 12.1 Å². The van der Waals surface area contributed by atoms with Gasteiger partial charge in [-0.15, -0.1) is 0 Å². The molecule has 1 unspecified atom stereocenters. The van der Waals surface area contributed by atoms with E-state index in [4.69, 9.17) is 32.7 Å². The summed E-state index contributed by atoms with van der Waals surface area (Å²) in [6.07, 6.45) is -0.669. The van der Waals surface area contributed by atoms with Crippen molar-refractivity contribution in [2.45, 2.75) is 13.0 Å². The lowest BCUT2D eigenvalue weighted by atomic mass is 10.2. The van der Waals surface area contributed by atoms with Gasteiger partial charge >= 0.3 is 5.97 Å². The fraction of sp³-hybridized carbons (Fsp3) is 0.176. The maximum atomic E-state index is 12.3. The minimum atomic E-state index is -0.669. The number of esters is 1. The van der Waals surface area contributed by atoms with Crippen molar-refractivity contribution >= 4 is 40.8 Å². The maximum Gasteiger partial charge on any atom is 0.331 e. The predicted octanol–water partition coefficient (Wildman–Crippen LogP) is 3.71. The second kappa shape index (κ2) is 6.71. The molecule has 0 aromatic heterocycles. The fourth-order valence-corrected chi connectivity index (χ4v) is 2.64. The van der Waals surface area contributed by atoms with E-state index in [2.05, 4.69) is 0 Å². The number of hydrogen-bond donors (Lipinski definition) is 0. The Morgan fingerprint density at radius 1 is 1.21 bits per heavy atom. The van der Waals surface area contributed by atoms with Crippen molar-refractivity contribution in [3.05, 3.63) is 52.5 Å². The topological polar surface area (TPSA) is 55.8 Å². The molecule has 0 aliphatic carbocycles. The van der Waals surface area contributed by atoms with Gasteiger partial charge in [0.2, 0.25) is 0 Å². The third-order valence-electron chi connectivity index (χ3n) is 3.48. The number of nitrogens with zero attached hydrogens (tertiary/aromatic N) is 1. The number of halogens is 2. The average Bonchev–Trinajstić information content (AvgIpc) is 2.55. The van der Waals surface area contributed by atoms with E-state index in [1.807, 2.05) is 0 Å². The highest BCUT2D eigenvalue weighted by molar-refractivity contribution is 6.42. The molecule has 24 heavy (non-hydrogen) atoms.